The molecule has 4 N–H and O–H groups in total. The molecule has 4 atom stereocenters. The van der Waals surface area contributed by atoms with Gasteiger partial charge in [-0.1, -0.05) is 32.0 Å². The van der Waals surface area contributed by atoms with Crippen LogP contribution in [0, 0.1) is 5.41 Å². The normalized spacial score (nSPS) is 19.4. The van der Waals surface area contributed by atoms with Gasteiger partial charge in [0.25, 0.3) is 5.91 Å². The summed E-state index contributed by atoms with van der Waals surface area (Å²) in [7, 11) is 1.69. The summed E-state index contributed by atoms with van der Waals surface area (Å²) in [5.41, 5.74) is 9.82. The molecule has 5 heterocycles. The molecule has 0 bridgehead atoms. The van der Waals surface area contributed by atoms with Gasteiger partial charge in [0.05, 0.1) is 48.6 Å². The molecule has 358 valence electrons. The second-order valence-corrected chi connectivity index (χ2v) is 19.7. The van der Waals surface area contributed by atoms with Gasteiger partial charge in [0.1, 0.15) is 24.4 Å². The number of ether oxygens (including phenoxy) is 3. The Morgan fingerprint density at radius 1 is 1.03 bits per heavy atom. The van der Waals surface area contributed by atoms with Crippen molar-refractivity contribution >= 4 is 34.6 Å². The molecule has 2 aromatic carbocycles. The highest BCUT2D eigenvalue weighted by Gasteiger charge is 2.35. The van der Waals surface area contributed by atoms with Crippen molar-refractivity contribution in [2.45, 2.75) is 117 Å². The van der Waals surface area contributed by atoms with Crippen LogP contribution < -0.4 is 15.6 Å². The maximum Gasteiger partial charge on any atom is 0.408 e. The monoisotopic (exact) mass is 914 g/mol. The second-order valence-electron chi connectivity index (χ2n) is 19.7. The Kier molecular flexibility index (Phi) is 15.1. The number of morpholine rings is 1. The lowest BCUT2D eigenvalue weighted by Crippen LogP contribution is -2.60. The number of aromatic nitrogens is 2. The van der Waals surface area contributed by atoms with Crippen LogP contribution in [0.15, 0.2) is 48.7 Å². The molecule has 0 spiro atoms. The molecule has 4 aromatic rings. The number of nitrogens with zero attached hydrogens (tertiary/aromatic N) is 5. The molecule has 2 amide bonds. The van der Waals surface area contributed by atoms with Crippen LogP contribution in [-0.4, -0.2) is 131 Å². The molecule has 0 saturated carbocycles. The Morgan fingerprint density at radius 3 is 2.50 bits per heavy atom. The van der Waals surface area contributed by atoms with Gasteiger partial charge in [-0.3, -0.25) is 24.5 Å². The SMILES string of the molecule is CCn1c(-c2cc(N3CCN4CCOCC4C3)cnc2[C@H](C)OC)c(CC(C)(C)CO)c2cc(-c3cc(CF)cc(CC(NC(=O)OC(C)(C)C)C(=O)N4CCCC(C(=O)O)N4)c3)ccc21. The van der Waals surface area contributed by atoms with Crippen LogP contribution >= 0.6 is 0 Å². The van der Waals surface area contributed by atoms with E-state index in [0.717, 1.165) is 77.5 Å². The summed E-state index contributed by atoms with van der Waals surface area (Å²) in [5.74, 6) is -1.61. The van der Waals surface area contributed by atoms with E-state index in [1.807, 2.05) is 25.3 Å². The molecule has 3 unspecified atom stereocenters. The first-order valence-corrected chi connectivity index (χ1v) is 23.3. The van der Waals surface area contributed by atoms with Crippen LogP contribution in [0.3, 0.4) is 0 Å². The number of carboxylic acid groups (broad SMARTS) is 1. The number of carbonyl (C=O) groups excluding carboxylic acids is 2. The molecule has 3 aliphatic rings. The molecule has 7 rings (SSSR count). The first kappa shape index (κ1) is 48.8. The van der Waals surface area contributed by atoms with Crippen molar-refractivity contribution < 1.29 is 43.2 Å². The van der Waals surface area contributed by atoms with Crippen molar-refractivity contribution in [2.75, 3.05) is 64.6 Å². The number of rotatable bonds is 15. The number of piperazine rings is 1. The molecule has 16 heteroatoms. The number of pyridine rings is 1. The van der Waals surface area contributed by atoms with Gasteiger partial charge in [0, 0.05) is 75.9 Å². The second kappa shape index (κ2) is 20.4. The number of aliphatic carboxylic acids is 1. The number of hydrogen-bond donors (Lipinski definition) is 4. The minimum Gasteiger partial charge on any atom is -0.480 e. The van der Waals surface area contributed by atoms with E-state index < -0.39 is 47.7 Å². The number of anilines is 1. The van der Waals surface area contributed by atoms with Gasteiger partial charge in [0.15, 0.2) is 0 Å². The smallest absolute Gasteiger partial charge is 0.408 e. The summed E-state index contributed by atoms with van der Waals surface area (Å²) in [6, 6.07) is 12.0. The molecule has 3 fully saturated rings. The van der Waals surface area contributed by atoms with Gasteiger partial charge in [0.2, 0.25) is 0 Å². The Labute approximate surface area is 387 Å². The number of alkyl halides is 1. The fraction of sp³-hybridized carbons (Fsp3) is 0.560. The lowest BCUT2D eigenvalue weighted by molar-refractivity contribution is -0.147. The number of nitrogens with one attached hydrogen (secondary N) is 2. The number of aliphatic hydroxyl groups is 1. The predicted molar refractivity (Wildman–Crippen MR) is 252 cm³/mol. The number of benzene rings is 2. The third-order valence-corrected chi connectivity index (χ3v) is 13.0. The third-order valence-electron chi connectivity index (χ3n) is 13.0. The number of alkyl carbamates (subject to hydrolysis) is 1. The molecule has 66 heavy (non-hydrogen) atoms. The number of aryl methyl sites for hydroxylation is 1. The Hall–Kier alpha value is -5.13. The quantitative estimate of drug-likeness (QED) is 0.100. The highest BCUT2D eigenvalue weighted by atomic mass is 19.1. The first-order valence-electron chi connectivity index (χ1n) is 23.3. The molecular formula is C50H68FN7O8. The minimum absolute atomic E-state index is 0.0179. The van der Waals surface area contributed by atoms with E-state index in [9.17, 15) is 29.0 Å². The summed E-state index contributed by atoms with van der Waals surface area (Å²) < 4.78 is 34.5. The van der Waals surface area contributed by atoms with Gasteiger partial charge < -0.3 is 39.2 Å². The molecule has 0 radical (unpaired) electrons. The number of carboxylic acids is 1. The largest absolute Gasteiger partial charge is 0.480 e. The van der Waals surface area contributed by atoms with E-state index in [1.165, 1.54) is 5.01 Å². The Morgan fingerprint density at radius 2 is 1.80 bits per heavy atom. The van der Waals surface area contributed by atoms with Gasteiger partial charge in [-0.05, 0) is 111 Å². The third kappa shape index (κ3) is 11.0. The molecule has 3 aliphatic heterocycles. The lowest BCUT2D eigenvalue weighted by Gasteiger charge is -2.44. The number of carbonyl (C=O) groups is 3. The van der Waals surface area contributed by atoms with Crippen LogP contribution in [0.4, 0.5) is 14.9 Å². The van der Waals surface area contributed by atoms with Gasteiger partial charge in [-0.2, -0.15) is 0 Å². The van der Waals surface area contributed by atoms with E-state index >= 15 is 0 Å². The average Bonchev–Trinajstić information content (AvgIpc) is 3.60. The fourth-order valence-electron chi connectivity index (χ4n) is 9.52. The van der Waals surface area contributed by atoms with Crippen LogP contribution in [0.2, 0.25) is 0 Å². The molecule has 3 saturated heterocycles. The fourth-order valence-corrected chi connectivity index (χ4v) is 9.52. The molecular weight excluding hydrogens is 846 g/mol. The van der Waals surface area contributed by atoms with E-state index in [-0.39, 0.29) is 25.7 Å². The number of aliphatic hydroxyl groups excluding tert-OH is 1. The van der Waals surface area contributed by atoms with Crippen molar-refractivity contribution in [1.29, 1.82) is 0 Å². The number of amides is 2. The van der Waals surface area contributed by atoms with E-state index in [0.29, 0.717) is 55.1 Å². The van der Waals surface area contributed by atoms with E-state index in [2.05, 4.69) is 64.1 Å². The number of methoxy groups -OCH3 is 1. The highest BCUT2D eigenvalue weighted by Crippen LogP contribution is 2.43. The highest BCUT2D eigenvalue weighted by molar-refractivity contribution is 5.96. The van der Waals surface area contributed by atoms with Crippen molar-refractivity contribution in [2.24, 2.45) is 5.41 Å². The van der Waals surface area contributed by atoms with Crippen molar-refractivity contribution in [3.8, 4) is 22.4 Å². The zero-order chi connectivity index (χ0) is 47.5. The van der Waals surface area contributed by atoms with Crippen molar-refractivity contribution in [3.63, 3.8) is 0 Å². The average molecular weight is 914 g/mol. The van der Waals surface area contributed by atoms with Crippen LogP contribution in [0.25, 0.3) is 33.3 Å². The summed E-state index contributed by atoms with van der Waals surface area (Å²) in [6.07, 6.45) is 2.16. The van der Waals surface area contributed by atoms with Gasteiger partial charge in [-0.15, -0.1) is 0 Å². The Balaban J connectivity index is 1.32. The number of hydrazine groups is 1. The zero-order valence-corrected chi connectivity index (χ0v) is 39.8. The summed E-state index contributed by atoms with van der Waals surface area (Å²) in [4.78, 5) is 49.2. The standard InChI is InChI=1S/C50H68FN7O8/c1-9-57-43-13-12-34(35-20-32(19-33(21-35)26-51)22-42(53-48(63)66-49(3,4)5)46(60)58-14-10-11-41(54-58)47(61)62)23-38(43)40(25-50(6,7)30-59)45(57)39-24-36(27-52-44(39)31(2)64-8)56-16-15-55-17-18-65-29-37(55)28-56/h12-13,19-21,23-24,27,31,37,41-42,54,59H,9-11,14-18,22,25-26,28-30H2,1-8H3,(H,53,63)(H,61,62)/t31-,37?,41?,42?/m0/s1. The summed E-state index contributed by atoms with van der Waals surface area (Å²) >= 11 is 0. The van der Waals surface area contributed by atoms with E-state index in [1.54, 1.807) is 40.0 Å². The van der Waals surface area contributed by atoms with Crippen LogP contribution in [-0.2, 0) is 49.9 Å². The number of fused-ring (bicyclic) bond motifs is 2. The van der Waals surface area contributed by atoms with Crippen LogP contribution in [0.1, 0.15) is 89.8 Å². The van der Waals surface area contributed by atoms with Gasteiger partial charge in [-0.25, -0.2) is 14.6 Å². The molecule has 2 aromatic heterocycles. The van der Waals surface area contributed by atoms with Crippen molar-refractivity contribution in [1.82, 2.24) is 30.2 Å². The summed E-state index contributed by atoms with van der Waals surface area (Å²) in [6.45, 7) is 18.5. The Bertz CT molecular complexity index is 2400. The van der Waals surface area contributed by atoms with E-state index in [4.69, 9.17) is 19.2 Å². The van der Waals surface area contributed by atoms with Gasteiger partial charge >= 0.3 is 12.1 Å². The number of halogens is 1. The lowest BCUT2D eigenvalue weighted by atomic mass is 9.84. The minimum atomic E-state index is -1.16. The summed E-state index contributed by atoms with van der Waals surface area (Å²) in [5, 5.41) is 25.4. The molecule has 15 nitrogen and oxygen atoms in total. The predicted octanol–water partition coefficient (Wildman–Crippen LogP) is 6.66. The molecule has 0 aliphatic carbocycles. The maximum absolute atomic E-state index is 14.8. The van der Waals surface area contributed by atoms with Crippen molar-refractivity contribution in [3.05, 3.63) is 71.0 Å². The maximum atomic E-state index is 14.8. The topological polar surface area (TPSA) is 171 Å². The number of hydrogen-bond acceptors (Lipinski definition) is 11. The first-order chi connectivity index (χ1) is 31.4. The zero-order valence-electron chi connectivity index (χ0n) is 39.8. The van der Waals surface area contributed by atoms with Crippen LogP contribution in [0.5, 0.6) is 0 Å².